The van der Waals surface area contributed by atoms with E-state index >= 15 is 0 Å². The SMILES string of the molecule is CC1CCCCC1NC(=O)N1CCN(c2ccccc2F)CC1. The minimum absolute atomic E-state index is 0.0388. The van der Waals surface area contributed by atoms with Gasteiger partial charge in [0, 0.05) is 32.2 Å². The summed E-state index contributed by atoms with van der Waals surface area (Å²) in [6.45, 7) is 4.85. The van der Waals surface area contributed by atoms with E-state index in [0.717, 1.165) is 6.42 Å². The van der Waals surface area contributed by atoms with Crippen molar-refractivity contribution in [3.63, 3.8) is 0 Å². The van der Waals surface area contributed by atoms with Crippen LogP contribution in [-0.4, -0.2) is 43.2 Å². The monoisotopic (exact) mass is 319 g/mol. The van der Waals surface area contributed by atoms with Gasteiger partial charge in [-0.05, 0) is 30.9 Å². The number of carbonyl (C=O) groups is 1. The standard InChI is InChI=1S/C18H26FN3O/c1-14-6-2-4-8-16(14)20-18(23)22-12-10-21(11-13-22)17-9-5-3-7-15(17)19/h3,5,7,9,14,16H,2,4,6,8,10-13H2,1H3,(H,20,23). The van der Waals surface area contributed by atoms with Crippen molar-refractivity contribution >= 4 is 11.7 Å². The Morgan fingerprint density at radius 2 is 1.83 bits per heavy atom. The molecule has 1 aromatic rings. The Morgan fingerprint density at radius 3 is 2.52 bits per heavy atom. The number of amides is 2. The van der Waals surface area contributed by atoms with Crippen molar-refractivity contribution in [3.8, 4) is 0 Å². The number of para-hydroxylation sites is 1. The van der Waals surface area contributed by atoms with Crippen LogP contribution < -0.4 is 10.2 Å². The lowest BCUT2D eigenvalue weighted by Gasteiger charge is -2.38. The first-order valence-electron chi connectivity index (χ1n) is 8.70. The lowest BCUT2D eigenvalue weighted by Crippen LogP contribution is -2.54. The van der Waals surface area contributed by atoms with Crippen molar-refractivity contribution in [2.75, 3.05) is 31.1 Å². The third-order valence-electron chi connectivity index (χ3n) is 5.18. The van der Waals surface area contributed by atoms with Gasteiger partial charge in [-0.3, -0.25) is 0 Å². The number of urea groups is 1. The number of anilines is 1. The van der Waals surface area contributed by atoms with Crippen molar-refractivity contribution in [1.82, 2.24) is 10.2 Å². The quantitative estimate of drug-likeness (QED) is 0.908. The number of carbonyl (C=O) groups excluding carboxylic acids is 1. The van der Waals surface area contributed by atoms with Gasteiger partial charge in [-0.25, -0.2) is 9.18 Å². The number of hydrogen-bond donors (Lipinski definition) is 1. The molecule has 1 saturated heterocycles. The first-order valence-corrected chi connectivity index (χ1v) is 8.70. The summed E-state index contributed by atoms with van der Waals surface area (Å²) in [6.07, 6.45) is 4.76. The summed E-state index contributed by atoms with van der Waals surface area (Å²) < 4.78 is 13.8. The molecule has 3 rings (SSSR count). The van der Waals surface area contributed by atoms with Crippen molar-refractivity contribution in [2.45, 2.75) is 38.6 Å². The van der Waals surface area contributed by atoms with E-state index in [9.17, 15) is 9.18 Å². The largest absolute Gasteiger partial charge is 0.366 e. The number of nitrogens with one attached hydrogen (secondary N) is 1. The minimum Gasteiger partial charge on any atom is -0.366 e. The third-order valence-corrected chi connectivity index (χ3v) is 5.18. The number of nitrogens with zero attached hydrogens (tertiary/aromatic N) is 2. The van der Waals surface area contributed by atoms with Crippen molar-refractivity contribution in [3.05, 3.63) is 30.1 Å². The molecular formula is C18H26FN3O. The van der Waals surface area contributed by atoms with Gasteiger partial charge >= 0.3 is 6.03 Å². The summed E-state index contributed by atoms with van der Waals surface area (Å²) in [7, 11) is 0. The van der Waals surface area contributed by atoms with Crippen LogP contribution in [0.2, 0.25) is 0 Å². The molecule has 0 aromatic heterocycles. The topological polar surface area (TPSA) is 35.6 Å². The van der Waals surface area contributed by atoms with E-state index in [-0.39, 0.29) is 11.8 Å². The molecule has 0 radical (unpaired) electrons. The van der Waals surface area contributed by atoms with Crippen LogP contribution in [0.5, 0.6) is 0 Å². The van der Waals surface area contributed by atoms with Gasteiger partial charge in [-0.15, -0.1) is 0 Å². The fraction of sp³-hybridized carbons (Fsp3) is 0.611. The van der Waals surface area contributed by atoms with Crippen LogP contribution in [0.25, 0.3) is 0 Å². The Balaban J connectivity index is 1.52. The van der Waals surface area contributed by atoms with Crippen LogP contribution in [0.15, 0.2) is 24.3 Å². The number of benzene rings is 1. The molecule has 126 valence electrons. The van der Waals surface area contributed by atoms with Crippen molar-refractivity contribution in [2.24, 2.45) is 5.92 Å². The van der Waals surface area contributed by atoms with Crippen LogP contribution in [-0.2, 0) is 0 Å². The summed E-state index contributed by atoms with van der Waals surface area (Å²) >= 11 is 0. The maximum Gasteiger partial charge on any atom is 0.317 e. The highest BCUT2D eigenvalue weighted by atomic mass is 19.1. The fourth-order valence-electron chi connectivity index (χ4n) is 3.64. The first kappa shape index (κ1) is 16.1. The Hall–Kier alpha value is -1.78. The van der Waals surface area contributed by atoms with E-state index in [1.807, 2.05) is 15.9 Å². The molecule has 2 aliphatic rings. The predicted molar refractivity (Wildman–Crippen MR) is 90.1 cm³/mol. The van der Waals surface area contributed by atoms with E-state index in [4.69, 9.17) is 0 Å². The zero-order valence-corrected chi connectivity index (χ0v) is 13.8. The third kappa shape index (κ3) is 3.77. The Bertz CT molecular complexity index is 543. The van der Waals surface area contributed by atoms with Gasteiger partial charge in [-0.2, -0.15) is 0 Å². The minimum atomic E-state index is -0.193. The molecule has 1 aliphatic carbocycles. The Morgan fingerprint density at radius 1 is 1.13 bits per heavy atom. The maximum absolute atomic E-state index is 13.8. The summed E-state index contributed by atoms with van der Waals surface area (Å²) in [5.41, 5.74) is 0.633. The maximum atomic E-state index is 13.8. The van der Waals surface area contributed by atoms with E-state index in [1.165, 1.54) is 25.3 Å². The molecule has 0 bridgehead atoms. The lowest BCUT2D eigenvalue weighted by molar-refractivity contribution is 0.179. The number of piperazine rings is 1. The second kappa shape index (κ2) is 7.20. The highest BCUT2D eigenvalue weighted by Crippen LogP contribution is 2.24. The summed E-state index contributed by atoms with van der Waals surface area (Å²) in [5, 5.41) is 3.20. The molecule has 0 spiro atoms. The number of halogens is 1. The Kier molecular flexibility index (Phi) is 5.03. The average molecular weight is 319 g/mol. The average Bonchev–Trinajstić information content (AvgIpc) is 2.57. The number of hydrogen-bond acceptors (Lipinski definition) is 2. The van der Waals surface area contributed by atoms with E-state index < -0.39 is 0 Å². The van der Waals surface area contributed by atoms with Crippen LogP contribution in [0.1, 0.15) is 32.6 Å². The molecule has 2 fully saturated rings. The highest BCUT2D eigenvalue weighted by Gasteiger charge is 2.27. The number of rotatable bonds is 2. The van der Waals surface area contributed by atoms with Crippen LogP contribution in [0, 0.1) is 11.7 Å². The van der Waals surface area contributed by atoms with Gasteiger partial charge in [0.1, 0.15) is 5.82 Å². The molecule has 4 nitrogen and oxygen atoms in total. The van der Waals surface area contributed by atoms with Gasteiger partial charge in [0.15, 0.2) is 0 Å². The van der Waals surface area contributed by atoms with Crippen molar-refractivity contribution in [1.29, 1.82) is 0 Å². The summed E-state index contributed by atoms with van der Waals surface area (Å²) in [4.78, 5) is 16.3. The zero-order valence-electron chi connectivity index (χ0n) is 13.8. The van der Waals surface area contributed by atoms with Gasteiger partial charge in [0.05, 0.1) is 5.69 Å². The lowest BCUT2D eigenvalue weighted by atomic mass is 9.86. The molecule has 2 unspecified atom stereocenters. The van der Waals surface area contributed by atoms with Crippen LogP contribution in [0.4, 0.5) is 14.9 Å². The molecule has 2 amide bonds. The molecule has 23 heavy (non-hydrogen) atoms. The molecular weight excluding hydrogens is 293 g/mol. The van der Waals surface area contributed by atoms with Gasteiger partial charge < -0.3 is 15.1 Å². The molecule has 1 aromatic carbocycles. The van der Waals surface area contributed by atoms with Gasteiger partial charge in [0.2, 0.25) is 0 Å². The molecule has 1 heterocycles. The summed E-state index contributed by atoms with van der Waals surface area (Å²) in [6, 6.07) is 7.18. The van der Waals surface area contributed by atoms with Gasteiger partial charge in [0.25, 0.3) is 0 Å². The van der Waals surface area contributed by atoms with Crippen LogP contribution in [0.3, 0.4) is 0 Å². The molecule has 2 atom stereocenters. The summed E-state index contributed by atoms with van der Waals surface area (Å²) in [5.74, 6) is 0.369. The van der Waals surface area contributed by atoms with Gasteiger partial charge in [-0.1, -0.05) is 31.9 Å². The first-order chi connectivity index (χ1) is 11.1. The smallest absolute Gasteiger partial charge is 0.317 e. The molecule has 1 N–H and O–H groups in total. The predicted octanol–water partition coefficient (Wildman–Crippen LogP) is 3.24. The second-order valence-electron chi connectivity index (χ2n) is 6.74. The van der Waals surface area contributed by atoms with Crippen molar-refractivity contribution < 1.29 is 9.18 Å². The highest BCUT2D eigenvalue weighted by molar-refractivity contribution is 5.75. The normalized spacial score (nSPS) is 25.3. The second-order valence-corrected chi connectivity index (χ2v) is 6.74. The Labute approximate surface area is 137 Å². The van der Waals surface area contributed by atoms with Crippen LogP contribution >= 0.6 is 0 Å². The zero-order chi connectivity index (χ0) is 16.2. The van der Waals surface area contributed by atoms with E-state index in [0.29, 0.717) is 43.8 Å². The fourth-order valence-corrected chi connectivity index (χ4v) is 3.64. The molecule has 5 heteroatoms. The van der Waals surface area contributed by atoms with E-state index in [1.54, 1.807) is 12.1 Å². The van der Waals surface area contributed by atoms with E-state index in [2.05, 4.69) is 12.2 Å². The molecule has 1 saturated carbocycles. The molecule has 1 aliphatic heterocycles.